The van der Waals surface area contributed by atoms with Crippen molar-refractivity contribution in [2.75, 3.05) is 0 Å². The molecule has 0 unspecified atom stereocenters. The Morgan fingerprint density at radius 3 is 2.67 bits per heavy atom. The molecular formula is C18H23IN4O4. The second kappa shape index (κ2) is 9.16. The van der Waals surface area contributed by atoms with E-state index < -0.39 is 23.7 Å². The van der Waals surface area contributed by atoms with E-state index in [2.05, 4.69) is 37.9 Å². The molecule has 2 heterocycles. The van der Waals surface area contributed by atoms with E-state index in [4.69, 9.17) is 4.74 Å². The lowest BCUT2D eigenvalue weighted by Crippen LogP contribution is -2.44. The number of imidazole rings is 1. The van der Waals surface area contributed by atoms with Gasteiger partial charge in [-0.15, -0.1) is 0 Å². The van der Waals surface area contributed by atoms with Gasteiger partial charge in [0.15, 0.2) is 3.83 Å². The molecule has 2 rings (SSSR count). The van der Waals surface area contributed by atoms with Gasteiger partial charge < -0.3 is 19.7 Å². The van der Waals surface area contributed by atoms with Crippen molar-refractivity contribution in [3.05, 3.63) is 45.8 Å². The number of aliphatic carboxylic acids is 1. The van der Waals surface area contributed by atoms with Gasteiger partial charge in [0.1, 0.15) is 11.6 Å². The predicted octanol–water partition coefficient (Wildman–Crippen LogP) is 2.65. The van der Waals surface area contributed by atoms with Crippen LogP contribution in [0.5, 0.6) is 0 Å². The Morgan fingerprint density at radius 2 is 2.07 bits per heavy atom. The molecule has 0 saturated heterocycles. The van der Waals surface area contributed by atoms with Crippen molar-refractivity contribution in [1.29, 1.82) is 0 Å². The third kappa shape index (κ3) is 7.16. The van der Waals surface area contributed by atoms with Crippen molar-refractivity contribution < 1.29 is 19.4 Å². The molecule has 2 N–H and O–H groups in total. The lowest BCUT2D eigenvalue weighted by Gasteiger charge is -2.21. The van der Waals surface area contributed by atoms with Crippen LogP contribution in [-0.2, 0) is 28.9 Å². The number of carbonyl (C=O) groups is 2. The number of carbonyl (C=O) groups excluding carboxylic acids is 1. The average molecular weight is 486 g/mol. The van der Waals surface area contributed by atoms with E-state index >= 15 is 0 Å². The lowest BCUT2D eigenvalue weighted by atomic mass is 10.1. The van der Waals surface area contributed by atoms with Crippen molar-refractivity contribution in [2.45, 2.75) is 51.8 Å². The lowest BCUT2D eigenvalue weighted by molar-refractivity contribution is -0.139. The molecule has 1 atom stereocenters. The SMILES string of the molecule is CC(C)(C)OC(=O)N[C@@H](Cc1cn(CCc2ccccn2)c(I)n1)C(=O)O. The fourth-order valence-electron chi connectivity index (χ4n) is 2.34. The highest BCUT2D eigenvalue weighted by atomic mass is 127. The molecule has 8 nitrogen and oxygen atoms in total. The third-order valence-electron chi connectivity index (χ3n) is 3.52. The number of aromatic nitrogens is 3. The number of hydrogen-bond acceptors (Lipinski definition) is 5. The van der Waals surface area contributed by atoms with Crippen molar-refractivity contribution in [2.24, 2.45) is 0 Å². The molecule has 0 saturated carbocycles. The number of carboxylic acids is 1. The average Bonchev–Trinajstić information content (AvgIpc) is 2.91. The van der Waals surface area contributed by atoms with Crippen molar-refractivity contribution in [1.82, 2.24) is 19.9 Å². The number of alkyl carbamates (subject to hydrolysis) is 1. The zero-order valence-electron chi connectivity index (χ0n) is 15.5. The van der Waals surface area contributed by atoms with Crippen LogP contribution in [0.4, 0.5) is 4.79 Å². The Balaban J connectivity index is 1.99. The first kappa shape index (κ1) is 21.1. The third-order valence-corrected chi connectivity index (χ3v) is 4.38. The summed E-state index contributed by atoms with van der Waals surface area (Å²) in [5.41, 5.74) is 0.859. The summed E-state index contributed by atoms with van der Waals surface area (Å²) in [4.78, 5) is 32.0. The summed E-state index contributed by atoms with van der Waals surface area (Å²) in [6.07, 6.45) is 3.60. The molecule has 0 aliphatic heterocycles. The van der Waals surface area contributed by atoms with Crippen LogP contribution in [0.1, 0.15) is 32.2 Å². The van der Waals surface area contributed by atoms with E-state index in [1.165, 1.54) is 0 Å². The zero-order valence-corrected chi connectivity index (χ0v) is 17.6. The van der Waals surface area contributed by atoms with Gasteiger partial charge in [0, 0.05) is 37.5 Å². The minimum absolute atomic E-state index is 0.0706. The fourth-order valence-corrected chi connectivity index (χ4v) is 3.03. The van der Waals surface area contributed by atoms with Crippen molar-refractivity contribution in [3.8, 4) is 0 Å². The van der Waals surface area contributed by atoms with Gasteiger partial charge in [-0.2, -0.15) is 0 Å². The first-order valence-corrected chi connectivity index (χ1v) is 9.55. The minimum Gasteiger partial charge on any atom is -0.480 e. The molecule has 0 aliphatic rings. The van der Waals surface area contributed by atoms with Crippen molar-refractivity contribution in [3.63, 3.8) is 0 Å². The minimum atomic E-state index is -1.14. The van der Waals surface area contributed by atoms with E-state index in [9.17, 15) is 14.7 Å². The first-order valence-electron chi connectivity index (χ1n) is 8.48. The number of halogens is 1. The number of pyridine rings is 1. The summed E-state index contributed by atoms with van der Waals surface area (Å²) >= 11 is 2.10. The number of nitrogens with one attached hydrogen (secondary N) is 1. The first-order chi connectivity index (χ1) is 12.6. The van der Waals surface area contributed by atoms with Gasteiger partial charge in [-0.3, -0.25) is 4.98 Å². The summed E-state index contributed by atoms with van der Waals surface area (Å²) in [7, 11) is 0. The number of carboxylic acid groups (broad SMARTS) is 1. The molecule has 2 aromatic heterocycles. The van der Waals surface area contributed by atoms with Gasteiger partial charge in [0.2, 0.25) is 0 Å². The van der Waals surface area contributed by atoms with Crippen LogP contribution in [0.25, 0.3) is 0 Å². The van der Waals surface area contributed by atoms with Crippen LogP contribution in [-0.4, -0.2) is 43.3 Å². The highest BCUT2D eigenvalue weighted by Gasteiger charge is 2.25. The quantitative estimate of drug-likeness (QED) is 0.583. The predicted molar refractivity (Wildman–Crippen MR) is 107 cm³/mol. The Morgan fingerprint density at radius 1 is 1.33 bits per heavy atom. The van der Waals surface area contributed by atoms with E-state index in [1.807, 2.05) is 22.8 Å². The van der Waals surface area contributed by atoms with E-state index in [-0.39, 0.29) is 6.42 Å². The maximum Gasteiger partial charge on any atom is 0.408 e. The molecule has 0 bridgehead atoms. The van der Waals surface area contributed by atoms with Gasteiger partial charge >= 0.3 is 12.1 Å². The van der Waals surface area contributed by atoms with Crippen molar-refractivity contribution >= 4 is 34.7 Å². The normalized spacial score (nSPS) is 12.4. The summed E-state index contributed by atoms with van der Waals surface area (Å²) in [6.45, 7) is 5.83. The molecular weight excluding hydrogens is 463 g/mol. The van der Waals surface area contributed by atoms with E-state index in [0.29, 0.717) is 12.2 Å². The molecule has 9 heteroatoms. The number of nitrogens with zero attached hydrogens (tertiary/aromatic N) is 3. The smallest absolute Gasteiger partial charge is 0.408 e. The van der Waals surface area contributed by atoms with Gasteiger partial charge in [-0.05, 0) is 55.5 Å². The molecule has 2 aromatic rings. The Kier molecular flexibility index (Phi) is 7.17. The van der Waals surface area contributed by atoms with Gasteiger partial charge in [0.05, 0.1) is 5.69 Å². The monoisotopic (exact) mass is 486 g/mol. The van der Waals surface area contributed by atoms with Crippen LogP contribution in [0.3, 0.4) is 0 Å². The molecule has 0 radical (unpaired) electrons. The van der Waals surface area contributed by atoms with Crippen LogP contribution in [0, 0.1) is 3.83 Å². The Hall–Kier alpha value is -2.17. The van der Waals surface area contributed by atoms with Gasteiger partial charge in [-0.1, -0.05) is 6.07 Å². The largest absolute Gasteiger partial charge is 0.480 e. The summed E-state index contributed by atoms with van der Waals surface area (Å²) in [5, 5.41) is 11.8. The second-order valence-electron chi connectivity index (χ2n) is 7.01. The highest BCUT2D eigenvalue weighted by molar-refractivity contribution is 14.1. The number of hydrogen-bond donors (Lipinski definition) is 2. The van der Waals surface area contributed by atoms with Gasteiger partial charge in [0.25, 0.3) is 0 Å². The molecule has 0 fully saturated rings. The number of rotatable bonds is 7. The Bertz CT molecular complexity index is 786. The summed E-state index contributed by atoms with van der Waals surface area (Å²) in [5.74, 6) is -1.14. The molecule has 0 aliphatic carbocycles. The summed E-state index contributed by atoms with van der Waals surface area (Å²) < 4.78 is 7.82. The molecule has 146 valence electrons. The van der Waals surface area contributed by atoms with Crippen LogP contribution >= 0.6 is 22.6 Å². The molecule has 0 spiro atoms. The van der Waals surface area contributed by atoms with E-state index in [1.54, 1.807) is 33.2 Å². The molecule has 0 aromatic carbocycles. The Labute approximate surface area is 171 Å². The van der Waals surface area contributed by atoms with E-state index in [0.717, 1.165) is 15.9 Å². The topological polar surface area (TPSA) is 106 Å². The highest BCUT2D eigenvalue weighted by Crippen LogP contribution is 2.12. The summed E-state index contributed by atoms with van der Waals surface area (Å²) in [6, 6.07) is 4.64. The number of amides is 1. The number of ether oxygens (including phenoxy) is 1. The van der Waals surface area contributed by atoms with Crippen LogP contribution in [0.2, 0.25) is 0 Å². The second-order valence-corrected chi connectivity index (χ2v) is 7.97. The number of aryl methyl sites for hydroxylation is 2. The van der Waals surface area contributed by atoms with Gasteiger partial charge in [-0.25, -0.2) is 14.6 Å². The zero-order chi connectivity index (χ0) is 20.0. The molecule has 27 heavy (non-hydrogen) atoms. The van der Waals surface area contributed by atoms with Crippen LogP contribution in [0.15, 0.2) is 30.6 Å². The maximum absolute atomic E-state index is 11.9. The fraction of sp³-hybridized carbons (Fsp3) is 0.444. The maximum atomic E-state index is 11.9. The standard InChI is InChI=1S/C18H23IN4O4/c1-18(2,3)27-17(26)22-14(15(24)25)10-13-11-23(16(19)21-13)9-7-12-6-4-5-8-20-12/h4-6,8,11,14H,7,9-10H2,1-3H3,(H,22,26)(H,24,25)/t14-/m0/s1. The molecule has 1 amide bonds. The van der Waals surface area contributed by atoms with Crippen LogP contribution < -0.4 is 5.32 Å².